The fourth-order valence-electron chi connectivity index (χ4n) is 4.34. The lowest BCUT2D eigenvalue weighted by molar-refractivity contribution is -0.166. The molecule has 4 rings (SSSR count). The molecule has 13 nitrogen and oxygen atoms in total. The highest BCUT2D eigenvalue weighted by atomic mass is 16.7. The molecule has 3 aromatic rings. The first-order valence-corrected chi connectivity index (χ1v) is 11.4. The highest BCUT2D eigenvalue weighted by Gasteiger charge is 2.51. The van der Waals surface area contributed by atoms with Gasteiger partial charge in [-0.05, 0) is 6.07 Å². The lowest BCUT2D eigenvalue weighted by Gasteiger charge is -2.24. The van der Waals surface area contributed by atoms with Crippen molar-refractivity contribution < 1.29 is 33.3 Å². The van der Waals surface area contributed by atoms with Crippen molar-refractivity contribution in [2.24, 2.45) is 7.05 Å². The average molecular weight is 514 g/mol. The third kappa shape index (κ3) is 5.31. The molecule has 3 unspecified atom stereocenters. The summed E-state index contributed by atoms with van der Waals surface area (Å²) in [6.07, 6.45) is -3.57. The zero-order valence-corrected chi connectivity index (χ0v) is 20.7. The number of benzene rings is 1. The van der Waals surface area contributed by atoms with E-state index in [4.69, 9.17) is 18.9 Å². The highest BCUT2D eigenvalue weighted by Crippen LogP contribution is 2.33. The van der Waals surface area contributed by atoms with Crippen molar-refractivity contribution in [1.82, 2.24) is 18.9 Å². The van der Waals surface area contributed by atoms with Gasteiger partial charge in [0.05, 0.1) is 17.8 Å². The van der Waals surface area contributed by atoms with E-state index in [9.17, 15) is 24.0 Å². The minimum Gasteiger partial charge on any atom is -0.463 e. The fraction of sp³-hybridized carbons (Fsp3) is 0.417. The lowest BCUT2D eigenvalue weighted by Crippen LogP contribution is -2.45. The van der Waals surface area contributed by atoms with Gasteiger partial charge in [0.25, 0.3) is 5.56 Å². The van der Waals surface area contributed by atoms with Crippen LogP contribution in [0, 0.1) is 0 Å². The van der Waals surface area contributed by atoms with Gasteiger partial charge in [0.15, 0.2) is 18.4 Å². The molecule has 1 fully saturated rings. The van der Waals surface area contributed by atoms with E-state index in [0.717, 1.165) is 33.9 Å². The van der Waals surface area contributed by atoms with E-state index in [2.05, 4.69) is 5.10 Å². The molecule has 2 aromatic heterocycles. The Kier molecular flexibility index (Phi) is 7.25. The number of aromatic nitrogens is 4. The average Bonchev–Trinajstić information content (AvgIpc) is 3.32. The maximum absolute atomic E-state index is 13.5. The second-order valence-electron chi connectivity index (χ2n) is 8.53. The second kappa shape index (κ2) is 10.4. The summed E-state index contributed by atoms with van der Waals surface area (Å²) in [5, 5.41) is 5.22. The van der Waals surface area contributed by atoms with Gasteiger partial charge in [-0.25, -0.2) is 4.79 Å². The first kappa shape index (κ1) is 25.8. The number of carbonyl (C=O) groups excluding carboxylic acids is 3. The van der Waals surface area contributed by atoms with Gasteiger partial charge in [-0.3, -0.25) is 33.0 Å². The Morgan fingerprint density at radius 2 is 1.65 bits per heavy atom. The van der Waals surface area contributed by atoms with Gasteiger partial charge in [-0.15, -0.1) is 0 Å². The third-order valence-electron chi connectivity index (χ3n) is 5.85. The van der Waals surface area contributed by atoms with Crippen molar-refractivity contribution in [3.8, 4) is 0 Å². The predicted molar refractivity (Wildman–Crippen MR) is 126 cm³/mol. The quantitative estimate of drug-likeness (QED) is 0.317. The van der Waals surface area contributed by atoms with Crippen molar-refractivity contribution in [1.29, 1.82) is 0 Å². The molecule has 0 aliphatic carbocycles. The molecule has 0 amide bonds. The molecule has 0 saturated carbocycles. The molecule has 0 bridgehead atoms. The van der Waals surface area contributed by atoms with Crippen LogP contribution in [0.4, 0.5) is 0 Å². The van der Waals surface area contributed by atoms with Crippen molar-refractivity contribution in [3.05, 3.63) is 63.1 Å². The van der Waals surface area contributed by atoms with Crippen molar-refractivity contribution >= 4 is 28.8 Å². The predicted octanol–water partition coefficient (Wildman–Crippen LogP) is 0.269. The van der Waals surface area contributed by atoms with Crippen LogP contribution in [-0.4, -0.2) is 61.7 Å². The Labute approximate surface area is 210 Å². The molecule has 0 spiro atoms. The number of aryl methyl sites for hydroxylation is 1. The monoisotopic (exact) mass is 514 g/mol. The van der Waals surface area contributed by atoms with E-state index >= 15 is 0 Å². The minimum absolute atomic E-state index is 0.130. The van der Waals surface area contributed by atoms with E-state index in [1.807, 2.05) is 24.3 Å². The van der Waals surface area contributed by atoms with Gasteiger partial charge in [0.2, 0.25) is 0 Å². The largest absolute Gasteiger partial charge is 0.463 e. The summed E-state index contributed by atoms with van der Waals surface area (Å²) in [4.78, 5) is 61.3. The Morgan fingerprint density at radius 3 is 2.32 bits per heavy atom. The van der Waals surface area contributed by atoms with E-state index in [-0.39, 0.29) is 13.2 Å². The summed E-state index contributed by atoms with van der Waals surface area (Å²) in [7, 11) is 1.76. The van der Waals surface area contributed by atoms with Crippen LogP contribution in [-0.2, 0) is 46.9 Å². The van der Waals surface area contributed by atoms with Gasteiger partial charge >= 0.3 is 23.6 Å². The van der Waals surface area contributed by atoms with Gasteiger partial charge in [-0.2, -0.15) is 5.10 Å². The molecule has 0 N–H and O–H groups in total. The molecule has 4 atom stereocenters. The summed E-state index contributed by atoms with van der Waals surface area (Å²) < 4.78 is 25.4. The number of carbonyl (C=O) groups is 3. The van der Waals surface area contributed by atoms with E-state index < -0.39 is 53.7 Å². The summed E-state index contributed by atoms with van der Waals surface area (Å²) in [6, 6.07) is 8.56. The zero-order valence-electron chi connectivity index (χ0n) is 20.7. The number of para-hydroxylation sites is 1. The van der Waals surface area contributed by atoms with Crippen molar-refractivity contribution in [3.63, 3.8) is 0 Å². The van der Waals surface area contributed by atoms with E-state index in [1.54, 1.807) is 11.7 Å². The Hall–Kier alpha value is -4.26. The van der Waals surface area contributed by atoms with Crippen LogP contribution in [0.5, 0.6) is 0 Å². The van der Waals surface area contributed by atoms with Crippen LogP contribution < -0.4 is 11.2 Å². The number of hydrogen-bond donors (Lipinski definition) is 0. The summed E-state index contributed by atoms with van der Waals surface area (Å²) in [5.41, 5.74) is -0.0112. The molecule has 1 aliphatic rings. The first-order chi connectivity index (χ1) is 17.6. The van der Waals surface area contributed by atoms with Crippen LogP contribution >= 0.6 is 0 Å². The van der Waals surface area contributed by atoms with Crippen LogP contribution in [0.1, 0.15) is 32.7 Å². The fourth-order valence-corrected chi connectivity index (χ4v) is 4.34. The van der Waals surface area contributed by atoms with Gasteiger partial charge < -0.3 is 18.9 Å². The van der Waals surface area contributed by atoms with Crippen molar-refractivity contribution in [2.75, 3.05) is 6.61 Å². The Balaban J connectivity index is 1.75. The zero-order chi connectivity index (χ0) is 26.9. The van der Waals surface area contributed by atoms with Gasteiger partial charge in [-0.1, -0.05) is 18.2 Å². The number of nitrogens with zero attached hydrogens (tertiary/aromatic N) is 4. The van der Waals surface area contributed by atoms with Crippen molar-refractivity contribution in [2.45, 2.75) is 51.9 Å². The van der Waals surface area contributed by atoms with Crippen LogP contribution in [0.2, 0.25) is 0 Å². The maximum Gasteiger partial charge on any atom is 0.333 e. The van der Waals surface area contributed by atoms with E-state index in [0.29, 0.717) is 5.69 Å². The summed E-state index contributed by atoms with van der Waals surface area (Å²) >= 11 is 0. The number of fused-ring (bicyclic) bond motifs is 1. The molecule has 1 aromatic carbocycles. The standard InChI is InChI=1S/C24H26N4O9/c1-13(29)34-12-19-21(35-14(2)30)22(36-15(3)31)23(37-19)27-10-9-20(32)28(24(27)33)11-17-16-7-5-6-8-18(16)26(4)25-17/h5-10,19,21-23H,11-12H2,1-4H3/t19?,21-,22?,23?/m0/s1. The smallest absolute Gasteiger partial charge is 0.333 e. The number of ether oxygens (including phenoxy) is 4. The molecule has 196 valence electrons. The summed E-state index contributed by atoms with van der Waals surface area (Å²) in [6.45, 7) is 3.05. The Bertz CT molecular complexity index is 1470. The number of hydrogen-bond acceptors (Lipinski definition) is 10. The third-order valence-corrected chi connectivity index (χ3v) is 5.85. The van der Waals surface area contributed by atoms with E-state index in [1.165, 1.54) is 19.2 Å². The van der Waals surface area contributed by atoms with Crippen LogP contribution in [0.25, 0.3) is 10.9 Å². The maximum atomic E-state index is 13.5. The molecule has 1 aliphatic heterocycles. The lowest BCUT2D eigenvalue weighted by atomic mass is 10.1. The highest BCUT2D eigenvalue weighted by molar-refractivity contribution is 5.81. The molecule has 37 heavy (non-hydrogen) atoms. The van der Waals surface area contributed by atoms with Gasteiger partial charge in [0.1, 0.15) is 12.7 Å². The minimum atomic E-state index is -1.28. The molecule has 1 saturated heterocycles. The number of esters is 3. The molecular formula is C24H26N4O9. The molecular weight excluding hydrogens is 488 g/mol. The topological polar surface area (TPSA) is 150 Å². The normalized spacial score (nSPS) is 21.1. The summed E-state index contributed by atoms with van der Waals surface area (Å²) in [5.74, 6) is -2.02. The molecule has 0 radical (unpaired) electrons. The van der Waals surface area contributed by atoms with Crippen LogP contribution in [0.15, 0.2) is 46.1 Å². The Morgan fingerprint density at radius 1 is 0.973 bits per heavy atom. The number of rotatable bonds is 7. The molecule has 3 heterocycles. The van der Waals surface area contributed by atoms with Gasteiger partial charge in [0, 0.05) is 45.5 Å². The van der Waals surface area contributed by atoms with Crippen LogP contribution in [0.3, 0.4) is 0 Å². The SMILES string of the molecule is CC(=O)OCC1OC(n2ccc(=O)n(Cc3nn(C)c4ccccc34)c2=O)C(OC(C)=O)[C@H]1OC(C)=O. The first-order valence-electron chi connectivity index (χ1n) is 11.4. The molecule has 13 heteroatoms. The second-order valence-corrected chi connectivity index (χ2v) is 8.53.